The summed E-state index contributed by atoms with van der Waals surface area (Å²) in [6.07, 6.45) is 20.9. The summed E-state index contributed by atoms with van der Waals surface area (Å²) in [6.45, 7) is 1.27. The lowest BCUT2D eigenvalue weighted by atomic mass is 9.74. The Hall–Kier alpha value is -1.59. The standard InChI is InChI=1S/C17H17N3O.3ClH/c18-8-9-19-15-11-17-7-3-1-5-13(17)12-20-10-4-2-6-14(20)16(17)21-15;;;/h1-7,10-12,19H,8-9,18H2;3*1H. The molecular weight excluding hydrogens is 369 g/mol. The van der Waals surface area contributed by atoms with Crippen LogP contribution >= 0.6 is 37.2 Å². The first-order valence-corrected chi connectivity index (χ1v) is 7.14. The Morgan fingerprint density at radius 3 is 2.67 bits per heavy atom. The topological polar surface area (TPSA) is 50.5 Å². The molecule has 4 nitrogen and oxygen atoms in total. The van der Waals surface area contributed by atoms with Crippen molar-refractivity contribution in [3.8, 4) is 0 Å². The van der Waals surface area contributed by atoms with Gasteiger partial charge in [-0.3, -0.25) is 0 Å². The van der Waals surface area contributed by atoms with Gasteiger partial charge in [0.1, 0.15) is 5.76 Å². The molecule has 24 heavy (non-hydrogen) atoms. The van der Waals surface area contributed by atoms with Crippen molar-refractivity contribution in [1.29, 1.82) is 0 Å². The number of fused-ring (bicyclic) bond motifs is 1. The molecule has 0 aromatic carbocycles. The van der Waals surface area contributed by atoms with Crippen molar-refractivity contribution in [3.63, 3.8) is 0 Å². The molecule has 4 rings (SSSR count). The number of rotatable bonds is 3. The molecule has 4 aliphatic rings. The lowest BCUT2D eigenvalue weighted by molar-refractivity contribution is 0.254. The van der Waals surface area contributed by atoms with Crippen molar-refractivity contribution in [3.05, 3.63) is 83.9 Å². The highest BCUT2D eigenvalue weighted by Gasteiger charge is 2.46. The van der Waals surface area contributed by atoms with E-state index in [2.05, 4.69) is 52.9 Å². The zero-order valence-electron chi connectivity index (χ0n) is 12.8. The molecule has 0 amide bonds. The summed E-state index contributed by atoms with van der Waals surface area (Å²) in [7, 11) is 0. The van der Waals surface area contributed by atoms with Crippen LogP contribution in [0.3, 0.4) is 0 Å². The first-order valence-electron chi connectivity index (χ1n) is 7.14. The molecule has 0 radical (unpaired) electrons. The summed E-state index contributed by atoms with van der Waals surface area (Å²) in [5, 5.41) is 3.24. The Morgan fingerprint density at radius 1 is 1.08 bits per heavy atom. The van der Waals surface area contributed by atoms with Gasteiger partial charge in [-0.15, -0.1) is 37.2 Å². The number of nitrogens with two attached hydrogens (primary N) is 1. The summed E-state index contributed by atoms with van der Waals surface area (Å²) in [6, 6.07) is 0. The van der Waals surface area contributed by atoms with Crippen LogP contribution in [0, 0.1) is 5.41 Å². The number of ether oxygens (including phenoxy) is 1. The smallest absolute Gasteiger partial charge is 0.190 e. The predicted octanol–water partition coefficient (Wildman–Crippen LogP) is 3.28. The predicted molar refractivity (Wildman–Crippen MR) is 104 cm³/mol. The van der Waals surface area contributed by atoms with Gasteiger partial charge >= 0.3 is 0 Å². The Labute approximate surface area is 160 Å². The maximum absolute atomic E-state index is 6.12. The molecule has 0 fully saturated rings. The molecule has 1 spiro atoms. The van der Waals surface area contributed by atoms with Crippen LogP contribution in [-0.4, -0.2) is 18.0 Å². The minimum Gasteiger partial charge on any atom is -0.442 e. The Balaban J connectivity index is 0.000000960. The highest BCUT2D eigenvalue weighted by atomic mass is 35.5. The van der Waals surface area contributed by atoms with E-state index in [0.29, 0.717) is 13.1 Å². The molecule has 7 heteroatoms. The summed E-state index contributed by atoms with van der Waals surface area (Å²) >= 11 is 0. The zero-order valence-corrected chi connectivity index (χ0v) is 15.3. The van der Waals surface area contributed by atoms with Gasteiger partial charge in [0.05, 0.1) is 11.1 Å². The molecule has 0 saturated heterocycles. The van der Waals surface area contributed by atoms with Crippen molar-refractivity contribution in [1.82, 2.24) is 10.2 Å². The monoisotopic (exact) mass is 387 g/mol. The van der Waals surface area contributed by atoms with Gasteiger partial charge in [0.25, 0.3) is 0 Å². The fourth-order valence-electron chi connectivity index (χ4n) is 3.04. The number of hydrogen-bond acceptors (Lipinski definition) is 4. The van der Waals surface area contributed by atoms with Gasteiger partial charge in [0, 0.05) is 25.5 Å². The minimum absolute atomic E-state index is 0. The van der Waals surface area contributed by atoms with E-state index in [9.17, 15) is 0 Å². The number of hydrogen-bond donors (Lipinski definition) is 2. The second kappa shape index (κ2) is 7.99. The van der Waals surface area contributed by atoms with Crippen molar-refractivity contribution >= 4 is 37.2 Å². The summed E-state index contributed by atoms with van der Waals surface area (Å²) in [4.78, 5) is 2.10. The molecule has 3 heterocycles. The maximum atomic E-state index is 6.12. The van der Waals surface area contributed by atoms with E-state index in [4.69, 9.17) is 10.5 Å². The molecule has 1 unspecified atom stereocenters. The van der Waals surface area contributed by atoms with Crippen LogP contribution in [-0.2, 0) is 4.74 Å². The first-order chi connectivity index (χ1) is 10.3. The Morgan fingerprint density at radius 2 is 1.88 bits per heavy atom. The molecule has 0 bridgehead atoms. The summed E-state index contributed by atoms with van der Waals surface area (Å²) in [5.74, 6) is 1.72. The SMILES string of the molecule is Cl.Cl.Cl.NCCNC1=CC23C=CC=CC2=CN2C=CC=CC2=C3O1. The van der Waals surface area contributed by atoms with Crippen molar-refractivity contribution in [2.45, 2.75) is 0 Å². The number of halogens is 3. The van der Waals surface area contributed by atoms with Gasteiger partial charge in [-0.1, -0.05) is 30.4 Å². The quantitative estimate of drug-likeness (QED) is 0.779. The molecule has 3 aliphatic heterocycles. The van der Waals surface area contributed by atoms with Crippen LogP contribution in [0.4, 0.5) is 0 Å². The second-order valence-electron chi connectivity index (χ2n) is 5.32. The third-order valence-corrected chi connectivity index (χ3v) is 4.01. The van der Waals surface area contributed by atoms with E-state index in [0.717, 1.165) is 17.3 Å². The molecular formula is C17H20Cl3N3O. The van der Waals surface area contributed by atoms with Crippen LogP contribution in [0.5, 0.6) is 0 Å². The van der Waals surface area contributed by atoms with Crippen molar-refractivity contribution < 1.29 is 4.74 Å². The summed E-state index contributed by atoms with van der Waals surface area (Å²) in [5.41, 5.74) is 7.54. The molecule has 130 valence electrons. The van der Waals surface area contributed by atoms with Crippen LogP contribution in [0.15, 0.2) is 83.9 Å². The van der Waals surface area contributed by atoms with Crippen LogP contribution in [0.1, 0.15) is 0 Å². The fourth-order valence-corrected chi connectivity index (χ4v) is 3.04. The van der Waals surface area contributed by atoms with Crippen LogP contribution in [0.2, 0.25) is 0 Å². The average Bonchev–Trinajstić information content (AvgIpc) is 2.89. The fraction of sp³-hybridized carbons (Fsp3) is 0.176. The van der Waals surface area contributed by atoms with Crippen molar-refractivity contribution in [2.24, 2.45) is 11.1 Å². The van der Waals surface area contributed by atoms with E-state index in [-0.39, 0.29) is 42.6 Å². The van der Waals surface area contributed by atoms with E-state index in [1.165, 1.54) is 5.57 Å². The van der Waals surface area contributed by atoms with E-state index >= 15 is 0 Å². The first kappa shape index (κ1) is 20.5. The lowest BCUT2D eigenvalue weighted by Crippen LogP contribution is -2.30. The Kier molecular flexibility index (Phi) is 6.81. The van der Waals surface area contributed by atoms with Crippen molar-refractivity contribution in [2.75, 3.05) is 13.1 Å². The number of allylic oxidation sites excluding steroid dienone is 7. The van der Waals surface area contributed by atoms with Crippen LogP contribution < -0.4 is 11.1 Å². The normalized spacial score (nSPS) is 24.3. The third-order valence-electron chi connectivity index (χ3n) is 4.01. The lowest BCUT2D eigenvalue weighted by Gasteiger charge is -2.36. The molecule has 1 aliphatic carbocycles. The van der Waals surface area contributed by atoms with Gasteiger partial charge in [0.2, 0.25) is 0 Å². The largest absolute Gasteiger partial charge is 0.442 e. The number of nitrogens with zero attached hydrogens (tertiary/aromatic N) is 1. The zero-order chi connectivity index (χ0) is 14.3. The van der Waals surface area contributed by atoms with Crippen LogP contribution in [0.25, 0.3) is 0 Å². The molecule has 0 saturated carbocycles. The van der Waals surface area contributed by atoms with Gasteiger partial charge in [-0.25, -0.2) is 0 Å². The van der Waals surface area contributed by atoms with Gasteiger partial charge in [-0.05, 0) is 23.8 Å². The van der Waals surface area contributed by atoms with E-state index in [1.807, 2.05) is 18.4 Å². The third kappa shape index (κ3) is 3.03. The average molecular weight is 389 g/mol. The Bertz CT molecular complexity index is 704. The van der Waals surface area contributed by atoms with E-state index in [1.54, 1.807) is 0 Å². The highest BCUT2D eigenvalue weighted by molar-refractivity contribution is 5.86. The molecule has 3 N–H and O–H groups in total. The second-order valence-corrected chi connectivity index (χ2v) is 5.32. The van der Waals surface area contributed by atoms with Gasteiger partial charge in [0.15, 0.2) is 5.88 Å². The minimum atomic E-state index is -0.299. The van der Waals surface area contributed by atoms with Gasteiger partial charge < -0.3 is 20.7 Å². The highest BCUT2D eigenvalue weighted by Crippen LogP contribution is 2.52. The van der Waals surface area contributed by atoms with Gasteiger partial charge in [-0.2, -0.15) is 0 Å². The molecule has 0 aromatic rings. The van der Waals surface area contributed by atoms with E-state index < -0.39 is 0 Å². The maximum Gasteiger partial charge on any atom is 0.190 e. The molecule has 1 atom stereocenters. The number of nitrogens with one attached hydrogen (secondary N) is 1. The molecule has 0 aromatic heterocycles. The summed E-state index contributed by atoms with van der Waals surface area (Å²) < 4.78 is 6.12.